The summed E-state index contributed by atoms with van der Waals surface area (Å²) >= 11 is 0. The quantitative estimate of drug-likeness (QED) is 0.625. The fraction of sp³-hybridized carbons (Fsp3) is 0.263. The lowest BCUT2D eigenvalue weighted by Crippen LogP contribution is -2.28. The lowest BCUT2D eigenvalue weighted by atomic mass is 9.85. The molecule has 0 unspecified atom stereocenters. The van der Waals surface area contributed by atoms with Crippen LogP contribution in [-0.2, 0) is 10.2 Å². The number of hydrogen-bond acceptors (Lipinski definition) is 4. The van der Waals surface area contributed by atoms with Crippen molar-refractivity contribution in [2.24, 2.45) is 0 Å². The molecule has 2 rings (SSSR count). The summed E-state index contributed by atoms with van der Waals surface area (Å²) in [5.41, 5.74) is 1.26. The molecule has 0 spiro atoms. The minimum atomic E-state index is -1.04. The van der Waals surface area contributed by atoms with Gasteiger partial charge in [0.2, 0.25) is 0 Å². The van der Waals surface area contributed by atoms with Gasteiger partial charge in [0.15, 0.2) is 0 Å². The molecule has 0 bridgehead atoms. The predicted octanol–water partition coefficient (Wildman–Crippen LogP) is 3.83. The first-order chi connectivity index (χ1) is 12.0. The molecule has 0 saturated carbocycles. The molecule has 2 aromatic rings. The van der Waals surface area contributed by atoms with E-state index in [1.807, 2.05) is 0 Å². The number of anilines is 1. The SMILES string of the molecule is Cc1cc(C)c([N+](=O)[O-])cc1C(=O)Nc1ccc(C(C)(C)C(=O)O)cc1. The third-order valence-electron chi connectivity index (χ3n) is 4.38. The normalized spacial score (nSPS) is 11.1. The number of carboxylic acid groups (broad SMARTS) is 1. The molecule has 7 heteroatoms. The van der Waals surface area contributed by atoms with Crippen molar-refractivity contribution < 1.29 is 19.6 Å². The van der Waals surface area contributed by atoms with Crippen LogP contribution in [0.4, 0.5) is 11.4 Å². The van der Waals surface area contributed by atoms with Gasteiger partial charge in [-0.2, -0.15) is 0 Å². The van der Waals surface area contributed by atoms with Crippen molar-refractivity contribution in [3.05, 3.63) is 68.8 Å². The van der Waals surface area contributed by atoms with Gasteiger partial charge in [0.25, 0.3) is 11.6 Å². The van der Waals surface area contributed by atoms with E-state index in [1.54, 1.807) is 58.0 Å². The Morgan fingerprint density at radius 3 is 2.15 bits per heavy atom. The van der Waals surface area contributed by atoms with Crippen molar-refractivity contribution in [1.29, 1.82) is 0 Å². The number of nitro groups is 1. The molecule has 2 N–H and O–H groups in total. The van der Waals surface area contributed by atoms with Crippen LogP contribution in [0, 0.1) is 24.0 Å². The lowest BCUT2D eigenvalue weighted by Gasteiger charge is -2.20. The van der Waals surface area contributed by atoms with Crippen molar-refractivity contribution in [3.63, 3.8) is 0 Å². The summed E-state index contributed by atoms with van der Waals surface area (Å²) in [4.78, 5) is 34.3. The van der Waals surface area contributed by atoms with Gasteiger partial charge in [0, 0.05) is 22.9 Å². The van der Waals surface area contributed by atoms with Crippen molar-refractivity contribution >= 4 is 23.3 Å². The van der Waals surface area contributed by atoms with E-state index in [9.17, 15) is 24.8 Å². The highest BCUT2D eigenvalue weighted by Crippen LogP contribution is 2.26. The average molecular weight is 356 g/mol. The number of aliphatic carboxylic acids is 1. The first kappa shape index (κ1) is 19.1. The summed E-state index contributed by atoms with van der Waals surface area (Å²) in [6, 6.07) is 9.35. The molecule has 136 valence electrons. The molecule has 7 nitrogen and oxygen atoms in total. The summed E-state index contributed by atoms with van der Waals surface area (Å²) in [6.07, 6.45) is 0. The van der Waals surface area contributed by atoms with Crippen molar-refractivity contribution in [1.82, 2.24) is 0 Å². The molecule has 0 aliphatic heterocycles. The molecule has 0 radical (unpaired) electrons. The van der Waals surface area contributed by atoms with Crippen LogP contribution in [0.3, 0.4) is 0 Å². The number of carboxylic acids is 1. The Balaban J connectivity index is 2.27. The van der Waals surface area contributed by atoms with Gasteiger partial charge in [-0.05, 0) is 57.0 Å². The molecule has 0 fully saturated rings. The second kappa shape index (κ2) is 6.95. The molecular formula is C19H20N2O5. The number of amides is 1. The molecule has 0 aromatic heterocycles. The molecule has 0 atom stereocenters. The topological polar surface area (TPSA) is 110 Å². The Bertz CT molecular complexity index is 886. The Kier molecular flexibility index (Phi) is 5.11. The van der Waals surface area contributed by atoms with Crippen LogP contribution in [0.2, 0.25) is 0 Å². The zero-order valence-electron chi connectivity index (χ0n) is 15.0. The van der Waals surface area contributed by atoms with Crippen LogP contribution in [0.15, 0.2) is 36.4 Å². The molecule has 26 heavy (non-hydrogen) atoms. The summed E-state index contributed by atoms with van der Waals surface area (Å²) in [5, 5.41) is 23.0. The van der Waals surface area contributed by atoms with E-state index >= 15 is 0 Å². The van der Waals surface area contributed by atoms with Gasteiger partial charge >= 0.3 is 5.97 Å². The van der Waals surface area contributed by atoms with Crippen LogP contribution < -0.4 is 5.32 Å². The van der Waals surface area contributed by atoms with E-state index in [1.165, 1.54) is 6.07 Å². The van der Waals surface area contributed by atoms with Crippen LogP contribution in [0.25, 0.3) is 0 Å². The van der Waals surface area contributed by atoms with E-state index in [2.05, 4.69) is 5.32 Å². The molecule has 0 aliphatic rings. The second-order valence-electron chi connectivity index (χ2n) is 6.67. The number of carbonyl (C=O) groups is 2. The highest BCUT2D eigenvalue weighted by atomic mass is 16.6. The molecule has 0 aliphatic carbocycles. The van der Waals surface area contributed by atoms with Crippen LogP contribution >= 0.6 is 0 Å². The Hall–Kier alpha value is -3.22. The van der Waals surface area contributed by atoms with Gasteiger partial charge in [-0.1, -0.05) is 12.1 Å². The monoisotopic (exact) mass is 356 g/mol. The van der Waals surface area contributed by atoms with E-state index < -0.39 is 22.2 Å². The summed E-state index contributed by atoms with van der Waals surface area (Å²) in [6.45, 7) is 6.52. The third kappa shape index (κ3) is 3.72. The predicted molar refractivity (Wildman–Crippen MR) is 97.6 cm³/mol. The largest absolute Gasteiger partial charge is 0.481 e. The zero-order chi connectivity index (χ0) is 19.6. The van der Waals surface area contributed by atoms with Crippen LogP contribution in [0.5, 0.6) is 0 Å². The van der Waals surface area contributed by atoms with Crippen molar-refractivity contribution in [3.8, 4) is 0 Å². The minimum absolute atomic E-state index is 0.112. The second-order valence-corrected chi connectivity index (χ2v) is 6.67. The van der Waals surface area contributed by atoms with Gasteiger partial charge in [-0.25, -0.2) is 0 Å². The minimum Gasteiger partial charge on any atom is -0.481 e. The highest BCUT2D eigenvalue weighted by molar-refractivity contribution is 6.05. The zero-order valence-corrected chi connectivity index (χ0v) is 15.0. The van der Waals surface area contributed by atoms with Gasteiger partial charge < -0.3 is 10.4 Å². The molecule has 0 saturated heterocycles. The van der Waals surface area contributed by atoms with Gasteiger partial charge in [-0.15, -0.1) is 0 Å². The van der Waals surface area contributed by atoms with Crippen molar-refractivity contribution in [2.45, 2.75) is 33.1 Å². The molecule has 0 heterocycles. The number of nitrogens with one attached hydrogen (secondary N) is 1. The van der Waals surface area contributed by atoms with Crippen LogP contribution in [-0.4, -0.2) is 21.9 Å². The summed E-state index contributed by atoms with van der Waals surface area (Å²) < 4.78 is 0. The Labute approximate surface area is 150 Å². The fourth-order valence-electron chi connectivity index (χ4n) is 2.57. The molecule has 2 aromatic carbocycles. The number of rotatable bonds is 5. The average Bonchev–Trinajstić information content (AvgIpc) is 2.54. The number of benzene rings is 2. The highest BCUT2D eigenvalue weighted by Gasteiger charge is 2.29. The third-order valence-corrected chi connectivity index (χ3v) is 4.38. The smallest absolute Gasteiger partial charge is 0.313 e. The first-order valence-electron chi connectivity index (χ1n) is 7.95. The van der Waals surface area contributed by atoms with E-state index in [0.29, 0.717) is 22.4 Å². The van der Waals surface area contributed by atoms with Crippen molar-refractivity contribution in [2.75, 3.05) is 5.32 Å². The maximum atomic E-state index is 12.5. The van der Waals surface area contributed by atoms with E-state index in [0.717, 1.165) is 0 Å². The number of hydrogen-bond donors (Lipinski definition) is 2. The Morgan fingerprint density at radius 2 is 1.65 bits per heavy atom. The first-order valence-corrected chi connectivity index (χ1v) is 7.95. The lowest BCUT2D eigenvalue weighted by molar-refractivity contribution is -0.385. The van der Waals surface area contributed by atoms with Gasteiger partial charge in [0.05, 0.1) is 10.3 Å². The molecular weight excluding hydrogens is 336 g/mol. The summed E-state index contributed by atoms with van der Waals surface area (Å²) in [5.74, 6) is -1.41. The molecule has 1 amide bonds. The van der Waals surface area contributed by atoms with Gasteiger partial charge in [-0.3, -0.25) is 19.7 Å². The van der Waals surface area contributed by atoms with Gasteiger partial charge in [0.1, 0.15) is 0 Å². The number of carbonyl (C=O) groups excluding carboxylic acids is 1. The maximum Gasteiger partial charge on any atom is 0.313 e. The summed E-state index contributed by atoms with van der Waals surface area (Å²) in [7, 11) is 0. The van der Waals surface area contributed by atoms with E-state index in [4.69, 9.17) is 0 Å². The maximum absolute atomic E-state index is 12.5. The van der Waals surface area contributed by atoms with Crippen LogP contribution in [0.1, 0.15) is 40.9 Å². The number of nitro benzene ring substituents is 1. The standard InChI is InChI=1S/C19H20N2O5/c1-11-9-12(2)16(21(25)26)10-15(11)17(22)20-14-7-5-13(6-8-14)19(3,4)18(23)24/h5-10H,1-4H3,(H,20,22)(H,23,24). The Morgan fingerprint density at radius 1 is 1.08 bits per heavy atom. The fourth-order valence-corrected chi connectivity index (χ4v) is 2.57. The van der Waals surface area contributed by atoms with E-state index in [-0.39, 0.29) is 11.3 Å². The number of nitrogens with zero attached hydrogens (tertiary/aromatic N) is 1. The number of aryl methyl sites for hydroxylation is 2.